The lowest BCUT2D eigenvalue weighted by atomic mass is 10.1. The lowest BCUT2D eigenvalue weighted by Crippen LogP contribution is -2.42. The molecule has 1 fully saturated rings. The van der Waals surface area contributed by atoms with Gasteiger partial charge in [0.05, 0.1) is 0 Å². The summed E-state index contributed by atoms with van der Waals surface area (Å²) in [4.78, 5) is 34.0. The van der Waals surface area contributed by atoms with Crippen molar-refractivity contribution in [3.05, 3.63) is 0 Å². The maximum atomic E-state index is 11.4. The second-order valence-corrected chi connectivity index (χ2v) is 4.42. The topological polar surface area (TPSA) is 94.9 Å². The van der Waals surface area contributed by atoms with Gasteiger partial charge < -0.3 is 15.1 Å². The smallest absolute Gasteiger partial charge is 0.326 e. The van der Waals surface area contributed by atoms with Crippen LogP contribution in [0, 0.1) is 0 Å². The molecule has 16 heavy (non-hydrogen) atoms. The van der Waals surface area contributed by atoms with Crippen molar-refractivity contribution in [2.24, 2.45) is 0 Å². The number of thiol groups is 1. The highest BCUT2D eigenvalue weighted by molar-refractivity contribution is 7.81. The summed E-state index contributed by atoms with van der Waals surface area (Å²) in [5.74, 6) is -2.52. The third-order valence-corrected chi connectivity index (χ3v) is 2.78. The molecule has 2 N–H and O–H groups in total. The molecule has 0 radical (unpaired) electrons. The summed E-state index contributed by atoms with van der Waals surface area (Å²) in [6.07, 6.45) is -0.130. The molecule has 0 aromatic heterocycles. The van der Waals surface area contributed by atoms with E-state index in [9.17, 15) is 14.4 Å². The predicted octanol–water partition coefficient (Wildman–Crippen LogP) is -0.165. The number of rotatable bonds is 5. The van der Waals surface area contributed by atoms with Crippen molar-refractivity contribution in [1.82, 2.24) is 4.90 Å². The number of hydrogen-bond donors (Lipinski definition) is 3. The van der Waals surface area contributed by atoms with Crippen LogP contribution in [0.15, 0.2) is 0 Å². The number of carboxylic acids is 2. The van der Waals surface area contributed by atoms with Crippen molar-refractivity contribution in [2.45, 2.75) is 30.6 Å². The minimum atomic E-state index is -1.17. The molecule has 1 heterocycles. The Bertz CT molecular complexity index is 319. The number of hydrogen-bond acceptors (Lipinski definition) is 4. The molecule has 1 amide bonds. The average molecular weight is 247 g/mol. The van der Waals surface area contributed by atoms with Crippen molar-refractivity contribution in [2.75, 3.05) is 6.54 Å². The Morgan fingerprint density at radius 1 is 1.50 bits per heavy atom. The first kappa shape index (κ1) is 12.8. The van der Waals surface area contributed by atoms with Gasteiger partial charge in [-0.3, -0.25) is 9.59 Å². The van der Waals surface area contributed by atoms with E-state index in [1.165, 1.54) is 4.90 Å². The van der Waals surface area contributed by atoms with Crippen LogP contribution in [0.3, 0.4) is 0 Å². The number of carbonyl (C=O) groups excluding carboxylic acids is 1. The third kappa shape index (κ3) is 3.13. The standard InChI is InChI=1S/C9H13NO5S/c11-7-3-5(16)4-10(7)6(9(14)15)1-2-8(12)13/h5-6,16H,1-4H2,(H,12,13)(H,14,15). The highest BCUT2D eigenvalue weighted by Gasteiger charge is 2.36. The highest BCUT2D eigenvalue weighted by atomic mass is 32.1. The minimum Gasteiger partial charge on any atom is -0.481 e. The Balaban J connectivity index is 2.66. The summed E-state index contributed by atoms with van der Waals surface area (Å²) in [6.45, 7) is 0.262. The summed E-state index contributed by atoms with van der Waals surface area (Å²) >= 11 is 4.11. The molecule has 0 spiro atoms. The summed E-state index contributed by atoms with van der Waals surface area (Å²) in [5, 5.41) is 17.3. The minimum absolute atomic E-state index is 0.0725. The van der Waals surface area contributed by atoms with E-state index in [0.717, 1.165) is 0 Å². The summed E-state index contributed by atoms with van der Waals surface area (Å²) in [7, 11) is 0. The molecule has 0 bridgehead atoms. The molecule has 1 aliphatic heterocycles. The van der Waals surface area contributed by atoms with E-state index in [2.05, 4.69) is 12.6 Å². The van der Waals surface area contributed by atoms with Crippen LogP contribution in [0.4, 0.5) is 0 Å². The van der Waals surface area contributed by atoms with Crippen molar-refractivity contribution in [1.29, 1.82) is 0 Å². The zero-order valence-corrected chi connectivity index (χ0v) is 9.39. The molecule has 7 heteroatoms. The number of likely N-dealkylation sites (tertiary alicyclic amines) is 1. The molecule has 0 aromatic rings. The summed E-state index contributed by atoms with van der Waals surface area (Å²) < 4.78 is 0. The third-order valence-electron chi connectivity index (χ3n) is 2.43. The Hall–Kier alpha value is -1.24. The molecule has 0 saturated carbocycles. The van der Waals surface area contributed by atoms with E-state index in [1.54, 1.807) is 0 Å². The van der Waals surface area contributed by atoms with E-state index >= 15 is 0 Å². The van der Waals surface area contributed by atoms with Crippen LogP contribution in [0.25, 0.3) is 0 Å². The number of carbonyl (C=O) groups is 3. The fourth-order valence-corrected chi connectivity index (χ4v) is 2.02. The number of amides is 1. The van der Waals surface area contributed by atoms with Gasteiger partial charge in [-0.25, -0.2) is 4.79 Å². The summed E-state index contributed by atoms with van der Waals surface area (Å²) in [5.41, 5.74) is 0. The van der Waals surface area contributed by atoms with Crippen LogP contribution in [0.5, 0.6) is 0 Å². The molecule has 2 unspecified atom stereocenters. The maximum Gasteiger partial charge on any atom is 0.326 e. The molecule has 0 aliphatic carbocycles. The fourth-order valence-electron chi connectivity index (χ4n) is 1.69. The second-order valence-electron chi connectivity index (χ2n) is 3.69. The zero-order chi connectivity index (χ0) is 12.3. The van der Waals surface area contributed by atoms with Gasteiger partial charge in [-0.05, 0) is 6.42 Å². The van der Waals surface area contributed by atoms with E-state index in [1.807, 2.05) is 0 Å². The van der Waals surface area contributed by atoms with Crippen molar-refractivity contribution in [3.8, 4) is 0 Å². The maximum absolute atomic E-state index is 11.4. The Morgan fingerprint density at radius 3 is 2.50 bits per heavy atom. The monoisotopic (exact) mass is 247 g/mol. The number of nitrogens with zero attached hydrogens (tertiary/aromatic N) is 1. The Labute approximate surface area is 97.6 Å². The molecule has 1 rings (SSSR count). The van der Waals surface area contributed by atoms with Gasteiger partial charge >= 0.3 is 11.9 Å². The van der Waals surface area contributed by atoms with Crippen LogP contribution in [0.1, 0.15) is 19.3 Å². The van der Waals surface area contributed by atoms with Gasteiger partial charge in [0.2, 0.25) is 5.91 Å². The van der Waals surface area contributed by atoms with Crippen LogP contribution in [0.2, 0.25) is 0 Å². The molecule has 6 nitrogen and oxygen atoms in total. The predicted molar refractivity (Wildman–Crippen MR) is 57.4 cm³/mol. The molecule has 1 aliphatic rings. The van der Waals surface area contributed by atoms with Crippen molar-refractivity contribution in [3.63, 3.8) is 0 Å². The molecule has 90 valence electrons. The largest absolute Gasteiger partial charge is 0.481 e. The fraction of sp³-hybridized carbons (Fsp3) is 0.667. The molecule has 1 saturated heterocycles. The van der Waals surface area contributed by atoms with Gasteiger partial charge in [0.15, 0.2) is 0 Å². The first-order chi connectivity index (χ1) is 7.41. The van der Waals surface area contributed by atoms with Crippen LogP contribution < -0.4 is 0 Å². The van der Waals surface area contributed by atoms with Crippen LogP contribution in [-0.4, -0.2) is 50.8 Å². The van der Waals surface area contributed by atoms with Gasteiger partial charge in [0, 0.05) is 24.6 Å². The average Bonchev–Trinajstić information content (AvgIpc) is 2.45. The quantitative estimate of drug-likeness (QED) is 0.586. The summed E-state index contributed by atoms with van der Waals surface area (Å²) in [6, 6.07) is -1.05. The van der Waals surface area contributed by atoms with Gasteiger partial charge in [0.1, 0.15) is 6.04 Å². The first-order valence-electron chi connectivity index (χ1n) is 4.84. The van der Waals surface area contributed by atoms with Gasteiger partial charge in [-0.1, -0.05) is 0 Å². The number of carboxylic acid groups (broad SMARTS) is 2. The van der Waals surface area contributed by atoms with Gasteiger partial charge in [-0.15, -0.1) is 0 Å². The van der Waals surface area contributed by atoms with Crippen LogP contribution in [-0.2, 0) is 14.4 Å². The van der Waals surface area contributed by atoms with Crippen molar-refractivity contribution < 1.29 is 24.6 Å². The normalized spacial score (nSPS) is 22.2. The van der Waals surface area contributed by atoms with E-state index in [4.69, 9.17) is 10.2 Å². The molecular formula is C9H13NO5S. The SMILES string of the molecule is O=C(O)CCC(C(=O)O)N1CC(S)CC1=O. The Morgan fingerprint density at radius 2 is 2.12 bits per heavy atom. The van der Waals surface area contributed by atoms with E-state index in [-0.39, 0.29) is 37.0 Å². The zero-order valence-electron chi connectivity index (χ0n) is 8.50. The molecular weight excluding hydrogens is 234 g/mol. The first-order valence-corrected chi connectivity index (χ1v) is 5.35. The lowest BCUT2D eigenvalue weighted by molar-refractivity contribution is -0.149. The van der Waals surface area contributed by atoms with E-state index in [0.29, 0.717) is 0 Å². The van der Waals surface area contributed by atoms with Gasteiger partial charge in [0.25, 0.3) is 0 Å². The lowest BCUT2D eigenvalue weighted by Gasteiger charge is -2.23. The second kappa shape index (κ2) is 5.20. The van der Waals surface area contributed by atoms with Gasteiger partial charge in [-0.2, -0.15) is 12.6 Å². The van der Waals surface area contributed by atoms with Crippen molar-refractivity contribution >= 4 is 30.5 Å². The molecule has 2 atom stereocenters. The Kier molecular flexibility index (Phi) is 4.17. The van der Waals surface area contributed by atoms with Crippen LogP contribution >= 0.6 is 12.6 Å². The molecule has 0 aromatic carbocycles. The highest BCUT2D eigenvalue weighted by Crippen LogP contribution is 2.21. The number of aliphatic carboxylic acids is 2. The van der Waals surface area contributed by atoms with E-state index < -0.39 is 18.0 Å².